The van der Waals surface area contributed by atoms with Crippen LogP contribution in [0.15, 0.2) is 0 Å². The maximum absolute atomic E-state index is 10.3. The van der Waals surface area contributed by atoms with Crippen molar-refractivity contribution in [1.82, 2.24) is 0 Å². The van der Waals surface area contributed by atoms with Crippen LogP contribution < -0.4 is 0 Å². The Morgan fingerprint density at radius 1 is 0.759 bits per heavy atom. The van der Waals surface area contributed by atoms with Gasteiger partial charge in [0.15, 0.2) is 0 Å². The van der Waals surface area contributed by atoms with Crippen LogP contribution in [0.4, 0.5) is 0 Å². The molecule has 0 atom stereocenters. The van der Waals surface area contributed by atoms with E-state index in [4.69, 9.17) is 9.84 Å². The van der Waals surface area contributed by atoms with Crippen LogP contribution in [0.1, 0.15) is 142 Å². The molecule has 1 rings (SSSR count). The van der Waals surface area contributed by atoms with E-state index in [0.29, 0.717) is 12.9 Å². The normalized spacial score (nSPS) is 14.1. The van der Waals surface area contributed by atoms with E-state index in [1.165, 1.54) is 103 Å². The van der Waals surface area contributed by atoms with Gasteiger partial charge in [0, 0.05) is 6.42 Å². The Morgan fingerprint density at radius 3 is 1.55 bits per heavy atom. The van der Waals surface area contributed by atoms with Gasteiger partial charge in [-0.05, 0) is 32.1 Å². The number of unbranched alkanes of at least 4 members (excludes halogenated alkanes) is 14. The number of hydrogen-bond donors (Lipinski definition) is 1. The highest BCUT2D eigenvalue weighted by molar-refractivity contribution is 5.66. The molecule has 0 aromatic heterocycles. The summed E-state index contributed by atoms with van der Waals surface area (Å²) in [7, 11) is 0. The van der Waals surface area contributed by atoms with Crippen molar-refractivity contribution in [3.63, 3.8) is 0 Å². The summed E-state index contributed by atoms with van der Waals surface area (Å²) in [6, 6.07) is 0. The van der Waals surface area contributed by atoms with Crippen molar-refractivity contribution in [3.05, 3.63) is 0 Å². The van der Waals surface area contributed by atoms with Crippen LogP contribution in [0.5, 0.6) is 0 Å². The lowest BCUT2D eigenvalue weighted by Crippen LogP contribution is -2.15. The molecule has 0 saturated heterocycles. The van der Waals surface area contributed by atoms with Gasteiger partial charge >= 0.3 is 5.97 Å². The minimum atomic E-state index is -0.653. The van der Waals surface area contributed by atoms with Crippen molar-refractivity contribution >= 4 is 12.4 Å². The molecule has 0 aromatic carbocycles. The first kappa shape index (κ1) is 27.9. The first-order valence-electron chi connectivity index (χ1n) is 12.5. The molecule has 1 aliphatic carbocycles. The maximum atomic E-state index is 10.3. The highest BCUT2D eigenvalue weighted by atomic mass is 16.5. The predicted octanol–water partition coefficient (Wildman–Crippen LogP) is 7.82. The number of carbonyl (C=O) groups excluding carboxylic acids is 1. The van der Waals surface area contributed by atoms with Gasteiger partial charge in [-0.25, -0.2) is 0 Å². The standard InChI is InChI=1S/C18H36O2.C7H12O2/c1-2-3-4-5-6-7-8-9-10-11-12-13-14-15-16-17-18(19)20;8-6-9-7-4-2-1-3-5-7/h2-17H2,1H3,(H,19,20);6-7H,1-5H2. The van der Waals surface area contributed by atoms with Crippen molar-refractivity contribution in [2.75, 3.05) is 0 Å². The highest BCUT2D eigenvalue weighted by Gasteiger charge is 2.12. The number of hydrogen-bond acceptors (Lipinski definition) is 3. The Morgan fingerprint density at radius 2 is 1.17 bits per heavy atom. The summed E-state index contributed by atoms with van der Waals surface area (Å²) in [6.45, 7) is 2.84. The van der Waals surface area contributed by atoms with Crippen molar-refractivity contribution in [2.45, 2.75) is 148 Å². The number of carbonyl (C=O) groups is 2. The zero-order valence-corrected chi connectivity index (χ0v) is 19.2. The Balaban J connectivity index is 0.000000717. The van der Waals surface area contributed by atoms with Crippen LogP contribution in [0.2, 0.25) is 0 Å². The highest BCUT2D eigenvalue weighted by Crippen LogP contribution is 2.19. The van der Waals surface area contributed by atoms with Gasteiger partial charge in [0.25, 0.3) is 6.47 Å². The molecule has 0 radical (unpaired) electrons. The Hall–Kier alpha value is -1.06. The Bertz CT molecular complexity index is 351. The van der Waals surface area contributed by atoms with Crippen LogP contribution in [0.25, 0.3) is 0 Å². The van der Waals surface area contributed by atoms with Crippen LogP contribution in [-0.4, -0.2) is 23.7 Å². The van der Waals surface area contributed by atoms with Gasteiger partial charge in [0.1, 0.15) is 6.10 Å². The van der Waals surface area contributed by atoms with Gasteiger partial charge in [-0.2, -0.15) is 0 Å². The molecule has 1 saturated carbocycles. The second-order valence-corrected chi connectivity index (χ2v) is 8.59. The molecule has 0 heterocycles. The third kappa shape index (κ3) is 23.1. The van der Waals surface area contributed by atoms with Gasteiger partial charge in [0.05, 0.1) is 0 Å². The summed E-state index contributed by atoms with van der Waals surface area (Å²) in [5.41, 5.74) is 0. The quantitative estimate of drug-likeness (QED) is 0.184. The van der Waals surface area contributed by atoms with E-state index in [1.807, 2.05) is 0 Å². The molecule has 0 bridgehead atoms. The number of carboxylic acids is 1. The third-order valence-corrected chi connectivity index (χ3v) is 5.79. The summed E-state index contributed by atoms with van der Waals surface area (Å²) in [4.78, 5) is 20.2. The van der Waals surface area contributed by atoms with E-state index in [1.54, 1.807) is 0 Å². The second-order valence-electron chi connectivity index (χ2n) is 8.59. The molecule has 0 amide bonds. The average Bonchev–Trinajstić information content (AvgIpc) is 2.72. The largest absolute Gasteiger partial charge is 0.481 e. The topological polar surface area (TPSA) is 63.6 Å². The number of carboxylic acid groups (broad SMARTS) is 1. The molecule has 0 aliphatic heterocycles. The molecule has 172 valence electrons. The van der Waals surface area contributed by atoms with Gasteiger partial charge in [-0.3, -0.25) is 9.59 Å². The molecule has 0 unspecified atom stereocenters. The van der Waals surface area contributed by atoms with E-state index in [9.17, 15) is 9.59 Å². The van der Waals surface area contributed by atoms with Crippen LogP contribution in [-0.2, 0) is 14.3 Å². The number of rotatable bonds is 18. The zero-order chi connectivity index (χ0) is 21.4. The third-order valence-electron chi connectivity index (χ3n) is 5.79. The van der Waals surface area contributed by atoms with Crippen molar-refractivity contribution in [1.29, 1.82) is 0 Å². The van der Waals surface area contributed by atoms with Gasteiger partial charge in [-0.1, -0.05) is 103 Å². The van der Waals surface area contributed by atoms with Crippen LogP contribution in [0, 0.1) is 0 Å². The number of ether oxygens (including phenoxy) is 1. The molecule has 1 fully saturated rings. The minimum Gasteiger partial charge on any atom is -0.481 e. The first-order valence-corrected chi connectivity index (χ1v) is 12.5. The van der Waals surface area contributed by atoms with E-state index < -0.39 is 5.97 Å². The predicted molar refractivity (Wildman–Crippen MR) is 121 cm³/mol. The van der Waals surface area contributed by atoms with Gasteiger partial charge in [0.2, 0.25) is 0 Å². The Labute approximate surface area is 180 Å². The summed E-state index contributed by atoms with van der Waals surface area (Å²) in [6.07, 6.45) is 26.3. The summed E-state index contributed by atoms with van der Waals surface area (Å²) in [5.74, 6) is -0.653. The van der Waals surface area contributed by atoms with Crippen molar-refractivity contribution < 1.29 is 19.4 Å². The SMILES string of the molecule is CCCCCCCCCCCCCCCCCC(=O)O.O=COC1CCCCC1. The van der Waals surface area contributed by atoms with E-state index >= 15 is 0 Å². The second kappa shape index (κ2) is 23.2. The first-order chi connectivity index (χ1) is 14.2. The fourth-order valence-corrected chi connectivity index (χ4v) is 3.93. The summed E-state index contributed by atoms with van der Waals surface area (Å²) >= 11 is 0. The minimum absolute atomic E-state index is 0.233. The molecule has 29 heavy (non-hydrogen) atoms. The van der Waals surface area contributed by atoms with Gasteiger partial charge in [-0.15, -0.1) is 0 Å². The van der Waals surface area contributed by atoms with E-state index in [-0.39, 0.29) is 6.10 Å². The lowest BCUT2D eigenvalue weighted by atomic mass is 9.98. The fraction of sp³-hybridized carbons (Fsp3) is 0.920. The van der Waals surface area contributed by atoms with Gasteiger partial charge < -0.3 is 9.84 Å². The molecule has 0 aromatic rings. The fourth-order valence-electron chi connectivity index (χ4n) is 3.93. The Kier molecular flexibility index (Phi) is 22.4. The molecule has 1 N–H and O–H groups in total. The van der Waals surface area contributed by atoms with E-state index in [2.05, 4.69) is 6.92 Å². The monoisotopic (exact) mass is 412 g/mol. The van der Waals surface area contributed by atoms with E-state index in [0.717, 1.165) is 25.7 Å². The lowest BCUT2D eigenvalue weighted by molar-refractivity contribution is -0.137. The smallest absolute Gasteiger partial charge is 0.303 e. The summed E-state index contributed by atoms with van der Waals surface area (Å²) in [5, 5.41) is 8.52. The maximum Gasteiger partial charge on any atom is 0.303 e. The molecular formula is C25H48O4. The summed E-state index contributed by atoms with van der Waals surface area (Å²) < 4.78 is 4.80. The zero-order valence-electron chi connectivity index (χ0n) is 19.2. The molecule has 4 heteroatoms. The van der Waals surface area contributed by atoms with Crippen LogP contribution in [0.3, 0.4) is 0 Å². The molecule has 4 nitrogen and oxygen atoms in total. The van der Waals surface area contributed by atoms with Crippen molar-refractivity contribution in [2.24, 2.45) is 0 Å². The van der Waals surface area contributed by atoms with Crippen LogP contribution >= 0.6 is 0 Å². The average molecular weight is 413 g/mol. The van der Waals surface area contributed by atoms with Crippen molar-refractivity contribution in [3.8, 4) is 0 Å². The number of aliphatic carboxylic acids is 1. The molecular weight excluding hydrogens is 364 g/mol. The lowest BCUT2D eigenvalue weighted by Gasteiger charge is -2.18. The molecule has 1 aliphatic rings. The molecule has 0 spiro atoms.